The Morgan fingerprint density at radius 2 is 0.821 bits per heavy atom. The molecule has 34 heteroatoms. The largest absolute Gasteiger partial charge is 0.497 e. The van der Waals surface area contributed by atoms with Gasteiger partial charge < -0.3 is 28.9 Å². The minimum absolute atomic E-state index is 0.0302. The zero-order valence-corrected chi connectivity index (χ0v) is 70.1. The number of benzene rings is 6. The van der Waals surface area contributed by atoms with Gasteiger partial charge in [0, 0.05) is 108 Å². The Morgan fingerprint density at radius 3 is 1.23 bits per heavy atom. The van der Waals surface area contributed by atoms with Crippen LogP contribution < -0.4 is 47.4 Å². The van der Waals surface area contributed by atoms with E-state index in [1.54, 1.807) is 93.3 Å². The van der Waals surface area contributed by atoms with Crippen molar-refractivity contribution in [2.75, 3.05) is 93.2 Å². The van der Waals surface area contributed by atoms with Crippen LogP contribution in [0.4, 0.5) is 26.3 Å². The summed E-state index contributed by atoms with van der Waals surface area (Å²) in [5.74, 6) is 20.4. The molecule has 117 heavy (non-hydrogen) atoms. The van der Waals surface area contributed by atoms with Gasteiger partial charge in [-0.1, -0.05) is 59.6 Å². The average molecular weight is 1720 g/mol. The van der Waals surface area contributed by atoms with Crippen molar-refractivity contribution in [1.82, 2.24) is 29.7 Å². The fourth-order valence-electron chi connectivity index (χ4n) is 12.5. The lowest BCUT2D eigenvalue weighted by Gasteiger charge is -2.35. The number of unbranched alkanes of at least 4 members (excludes halogenated alkanes) is 1. The summed E-state index contributed by atoms with van der Waals surface area (Å²) in [6, 6.07) is 45.5. The van der Waals surface area contributed by atoms with Gasteiger partial charge in [-0.2, -0.15) is 51.6 Å². The highest BCUT2D eigenvalue weighted by Gasteiger charge is 2.37. The lowest BCUT2D eigenvalue weighted by atomic mass is 10.1. The minimum atomic E-state index is -4.98. The van der Waals surface area contributed by atoms with Crippen LogP contribution in [0.3, 0.4) is 0 Å². The first kappa shape index (κ1) is 90.2. The number of methoxy groups -OCH3 is 2. The Balaban J connectivity index is 1.12. The van der Waals surface area contributed by atoms with E-state index in [0.717, 1.165) is 42.0 Å². The van der Waals surface area contributed by atoms with Crippen molar-refractivity contribution in [3.8, 4) is 47.0 Å². The number of nitrogens with two attached hydrogens (primary N) is 1. The Hall–Kier alpha value is -9.15. The van der Waals surface area contributed by atoms with E-state index >= 15 is 13.7 Å². The highest BCUT2D eigenvalue weighted by Crippen LogP contribution is 2.45. The van der Waals surface area contributed by atoms with Gasteiger partial charge in [0.25, 0.3) is 37.7 Å². The van der Waals surface area contributed by atoms with Crippen molar-refractivity contribution in [1.29, 1.82) is 0 Å². The van der Waals surface area contributed by atoms with Crippen LogP contribution in [0.25, 0.3) is 0 Å². The smallest absolute Gasteiger partial charge is 0.413 e. The molecule has 4 heterocycles. The molecule has 0 bridgehead atoms. The van der Waals surface area contributed by atoms with Crippen molar-refractivity contribution < 1.29 is 91.8 Å². The van der Waals surface area contributed by atoms with Crippen LogP contribution in [0.15, 0.2) is 197 Å². The molecular formula is C83H86F6N7O15P3S3. The molecule has 1 aliphatic heterocycles. The summed E-state index contributed by atoms with van der Waals surface area (Å²) in [7, 11) is -22.9. The van der Waals surface area contributed by atoms with Crippen molar-refractivity contribution in [3.05, 3.63) is 238 Å². The zero-order chi connectivity index (χ0) is 84.6. The van der Waals surface area contributed by atoms with Gasteiger partial charge in [0.2, 0.25) is 0 Å². The highest BCUT2D eigenvalue weighted by molar-refractivity contribution is 7.87. The molecule has 0 aliphatic carbocycles. The normalized spacial score (nSPS) is 15.7. The number of hydrogen-bond donors (Lipinski definition) is 1. The fraction of sp³-hybridized carbons (Fsp3) is 0.313. The zero-order valence-electron chi connectivity index (χ0n) is 64.9. The standard InChI is InChI=1S/C83H86F6N7O15P3S3/c1-8-108-114(99,75-35-41-78(42-36-75)117(104,105)111-59-83(87,88)89)81-53-66(22-19-63-25-29-72(107-5)30-26-63)50-69(93-81)56-96-47-46-94(54-67-48-64(21-18-62-23-27-71(106-4)28-24-62)51-79(91-67)112(6,97)74-33-39-77(40-34-74)116(102,103)110-58-82(84,85)86)44-45-95(57-70(96)12-10-11-43-90)55-68-49-65(20-17-61-15-13-60(3)14-16-61)52-80(92-68)113(7,98)73-31-37-76(38-32-73)115(100,101)109-9-2/h13-16,23-42,48-53,70H,8-12,43-47,54-59,90H2,1-7H3/t70-,112?,113?,114?/m0/s1. The Bertz CT molecular complexity index is 5730. The summed E-state index contributed by atoms with van der Waals surface area (Å²) >= 11 is 0. The van der Waals surface area contributed by atoms with Gasteiger partial charge in [-0.3, -0.25) is 31.8 Å². The van der Waals surface area contributed by atoms with Crippen LogP contribution in [0.5, 0.6) is 11.5 Å². The third-order valence-electron chi connectivity index (χ3n) is 18.6. The molecule has 10 rings (SSSR count). The number of rotatable bonds is 29. The van der Waals surface area contributed by atoms with Gasteiger partial charge in [-0.05, 0) is 223 Å². The maximum atomic E-state index is 15.9. The number of pyridine rings is 3. The van der Waals surface area contributed by atoms with Crippen molar-refractivity contribution in [3.63, 3.8) is 0 Å². The predicted octanol–water partition coefficient (Wildman–Crippen LogP) is 11.1. The third kappa shape index (κ3) is 25.0. The van der Waals surface area contributed by atoms with E-state index in [1.165, 1.54) is 63.3 Å². The van der Waals surface area contributed by atoms with Gasteiger partial charge in [0.15, 0.2) is 27.5 Å². The molecule has 2 N–H and O–H groups in total. The summed E-state index contributed by atoms with van der Waals surface area (Å²) in [4.78, 5) is 20.5. The van der Waals surface area contributed by atoms with Gasteiger partial charge >= 0.3 is 12.4 Å². The molecule has 4 atom stereocenters. The first-order valence-corrected chi connectivity index (χ1v) is 46.9. The van der Waals surface area contributed by atoms with Gasteiger partial charge in [-0.15, -0.1) is 0 Å². The van der Waals surface area contributed by atoms with Gasteiger partial charge in [-0.25, -0.2) is 15.0 Å². The summed E-state index contributed by atoms with van der Waals surface area (Å²) in [5.41, 5.74) is 11.6. The van der Waals surface area contributed by atoms with Crippen LogP contribution in [-0.2, 0) is 80.8 Å². The minimum Gasteiger partial charge on any atom is -0.497 e. The number of halogens is 6. The number of aromatic nitrogens is 3. The number of nitrogens with zero attached hydrogens (tertiary/aromatic N) is 6. The predicted molar refractivity (Wildman–Crippen MR) is 436 cm³/mol. The lowest BCUT2D eigenvalue weighted by molar-refractivity contribution is -0.153. The second-order valence-corrected chi connectivity index (χ2v) is 40.3. The monoisotopic (exact) mass is 1720 g/mol. The van der Waals surface area contributed by atoms with Crippen molar-refractivity contribution in [2.24, 2.45) is 5.73 Å². The lowest BCUT2D eigenvalue weighted by Crippen LogP contribution is -2.45. The quantitative estimate of drug-likeness (QED) is 0.0150. The van der Waals surface area contributed by atoms with Crippen LogP contribution in [0, 0.1) is 42.4 Å². The number of hydrogen-bond acceptors (Lipinski definition) is 22. The summed E-state index contributed by atoms with van der Waals surface area (Å²) < 4.78 is 235. The molecule has 0 spiro atoms. The molecule has 9 aromatic rings. The topological polar surface area (TPSA) is 283 Å². The summed E-state index contributed by atoms with van der Waals surface area (Å²) in [6.45, 7) is 5.72. The van der Waals surface area contributed by atoms with E-state index in [-0.39, 0.29) is 83.8 Å². The van der Waals surface area contributed by atoms with Crippen LogP contribution in [0.1, 0.15) is 89.1 Å². The first-order valence-electron chi connectivity index (χ1n) is 36.8. The molecule has 1 fully saturated rings. The van der Waals surface area contributed by atoms with Crippen molar-refractivity contribution in [2.45, 2.75) is 92.7 Å². The van der Waals surface area contributed by atoms with Gasteiger partial charge in [0.1, 0.15) is 27.8 Å². The van der Waals surface area contributed by atoms with E-state index in [9.17, 15) is 51.6 Å². The van der Waals surface area contributed by atoms with Crippen LogP contribution in [-0.4, -0.2) is 167 Å². The summed E-state index contributed by atoms with van der Waals surface area (Å²) in [5, 5.41) is 0.340. The summed E-state index contributed by atoms with van der Waals surface area (Å²) in [6.07, 6.45) is -8.16. The van der Waals surface area contributed by atoms with E-state index in [1.807, 2.05) is 37.3 Å². The Kier molecular flexibility index (Phi) is 30.2. The van der Waals surface area contributed by atoms with Crippen molar-refractivity contribution >= 4 is 84.2 Å². The third-order valence-corrected chi connectivity index (χ3v) is 29.8. The maximum absolute atomic E-state index is 15.9. The average Bonchev–Trinajstić information content (AvgIpc) is 0.917. The fourth-order valence-corrected chi connectivity index (χ4v) is 20.6. The SMILES string of the molecule is CCOP(=O)(c1ccc(S(=O)(=O)OCC(F)(F)F)cc1)c1cc(C#Cc2ccc(OC)cc2)cc(CN2CCN(Cc3cc(C#Cc4ccc(OC)cc4)cc(P(C)(=O)c4ccc(S(=O)(=O)OCC(F)(F)F)cc4)n3)CCN(Cc3cc(C#Cc4ccc(C)cc4)cc(P(C)(=O)c4ccc(S(=O)(=O)OCC)cc4)n3)C[C@@H]2CCCCN)n1. The Morgan fingerprint density at radius 1 is 0.453 bits per heavy atom. The van der Waals surface area contributed by atoms with E-state index in [0.29, 0.717) is 113 Å². The molecule has 0 saturated carbocycles. The van der Waals surface area contributed by atoms with E-state index in [4.69, 9.17) is 38.9 Å². The first-order chi connectivity index (χ1) is 55.4. The molecule has 0 amide bonds. The Labute approximate surface area is 678 Å². The number of aryl methyl sites for hydroxylation is 1. The molecule has 618 valence electrons. The number of alkyl halides is 6. The molecular weight excluding hydrogens is 1640 g/mol. The molecule has 1 aliphatic rings. The van der Waals surface area contributed by atoms with Gasteiger partial charge in [0.05, 0.1) is 59.2 Å². The molecule has 1 saturated heterocycles. The second-order valence-electron chi connectivity index (χ2n) is 27.4. The highest BCUT2D eigenvalue weighted by atomic mass is 32.2. The second kappa shape index (κ2) is 39.2. The van der Waals surface area contributed by atoms with E-state index < -0.39 is 87.4 Å². The number of ether oxygens (including phenoxy) is 2. The van der Waals surface area contributed by atoms with Crippen LogP contribution >= 0.6 is 21.7 Å². The van der Waals surface area contributed by atoms with Crippen LogP contribution in [0.2, 0.25) is 0 Å². The molecule has 0 radical (unpaired) electrons. The molecule has 22 nitrogen and oxygen atoms in total. The molecule has 3 unspecified atom stereocenters. The maximum Gasteiger partial charge on any atom is 0.413 e. The molecule has 3 aromatic heterocycles. The van der Waals surface area contributed by atoms with E-state index in [2.05, 4.69) is 58.6 Å². The molecule has 6 aromatic carbocycles.